The maximum Gasteiger partial charge on any atom is 0.320 e. The Morgan fingerprint density at radius 3 is 2.21 bits per heavy atom. The number of piperazine rings is 1. The van der Waals surface area contributed by atoms with Crippen molar-refractivity contribution in [3.05, 3.63) is 0 Å². The summed E-state index contributed by atoms with van der Waals surface area (Å²) >= 11 is 0. The summed E-state index contributed by atoms with van der Waals surface area (Å²) < 4.78 is 5.25. The SMILES string of the molecule is COC(C)(C)CC(=O)N1CCN(C(C)C(=O)O)CC1. The van der Waals surface area contributed by atoms with Crippen molar-refractivity contribution in [1.29, 1.82) is 0 Å². The van der Waals surface area contributed by atoms with E-state index in [9.17, 15) is 9.59 Å². The molecule has 0 aromatic rings. The summed E-state index contributed by atoms with van der Waals surface area (Å²) in [5.74, 6) is -0.755. The van der Waals surface area contributed by atoms with Crippen LogP contribution >= 0.6 is 0 Å². The van der Waals surface area contributed by atoms with Crippen LogP contribution in [-0.4, -0.2) is 71.7 Å². The normalized spacial score (nSPS) is 19.3. The van der Waals surface area contributed by atoms with Gasteiger partial charge in [-0.2, -0.15) is 0 Å². The molecule has 1 aliphatic heterocycles. The van der Waals surface area contributed by atoms with Crippen molar-refractivity contribution >= 4 is 11.9 Å². The van der Waals surface area contributed by atoms with Crippen LogP contribution in [0, 0.1) is 0 Å². The number of hydrogen-bond acceptors (Lipinski definition) is 4. The van der Waals surface area contributed by atoms with Crippen molar-refractivity contribution in [1.82, 2.24) is 9.80 Å². The maximum absolute atomic E-state index is 12.1. The first-order valence-corrected chi connectivity index (χ1v) is 6.56. The summed E-state index contributed by atoms with van der Waals surface area (Å²) in [6, 6.07) is -0.493. The van der Waals surface area contributed by atoms with E-state index in [1.165, 1.54) is 0 Å². The second-order valence-electron chi connectivity index (χ2n) is 5.57. The molecule has 1 amide bonds. The Labute approximate surface area is 114 Å². The minimum atomic E-state index is -0.819. The predicted molar refractivity (Wildman–Crippen MR) is 71.0 cm³/mol. The van der Waals surface area contributed by atoms with E-state index in [1.54, 1.807) is 18.9 Å². The molecule has 1 aliphatic rings. The number of carboxylic acids is 1. The number of carbonyl (C=O) groups excluding carboxylic acids is 1. The number of ether oxygens (including phenoxy) is 1. The third kappa shape index (κ3) is 4.47. The van der Waals surface area contributed by atoms with E-state index in [0.717, 1.165) is 0 Å². The van der Waals surface area contributed by atoms with Crippen molar-refractivity contribution < 1.29 is 19.4 Å². The van der Waals surface area contributed by atoms with Crippen molar-refractivity contribution in [2.45, 2.75) is 38.8 Å². The molecule has 0 bridgehead atoms. The van der Waals surface area contributed by atoms with Crippen molar-refractivity contribution in [3.63, 3.8) is 0 Å². The van der Waals surface area contributed by atoms with Gasteiger partial charge >= 0.3 is 5.97 Å². The molecule has 1 fully saturated rings. The van der Waals surface area contributed by atoms with E-state index in [0.29, 0.717) is 32.6 Å². The largest absolute Gasteiger partial charge is 0.480 e. The number of nitrogens with zero attached hydrogens (tertiary/aromatic N) is 2. The minimum Gasteiger partial charge on any atom is -0.480 e. The van der Waals surface area contributed by atoms with Gasteiger partial charge in [-0.05, 0) is 20.8 Å². The Morgan fingerprint density at radius 1 is 1.26 bits per heavy atom. The van der Waals surface area contributed by atoms with Crippen molar-refractivity contribution in [2.75, 3.05) is 33.3 Å². The second-order valence-corrected chi connectivity index (χ2v) is 5.57. The lowest BCUT2D eigenvalue weighted by Crippen LogP contribution is -2.53. The Kier molecular flexibility index (Phi) is 5.31. The molecule has 1 heterocycles. The average molecular weight is 272 g/mol. The molecule has 1 atom stereocenters. The van der Waals surface area contributed by atoms with E-state index >= 15 is 0 Å². The van der Waals surface area contributed by atoms with Gasteiger partial charge in [0.25, 0.3) is 0 Å². The summed E-state index contributed by atoms with van der Waals surface area (Å²) in [4.78, 5) is 26.7. The molecule has 0 aromatic heterocycles. The monoisotopic (exact) mass is 272 g/mol. The smallest absolute Gasteiger partial charge is 0.320 e. The molecule has 1 unspecified atom stereocenters. The molecule has 0 spiro atoms. The highest BCUT2D eigenvalue weighted by molar-refractivity contribution is 5.77. The summed E-state index contributed by atoms with van der Waals surface area (Å²) in [6.07, 6.45) is 0.345. The first-order chi connectivity index (χ1) is 8.76. The summed E-state index contributed by atoms with van der Waals surface area (Å²) in [5, 5.41) is 8.96. The van der Waals surface area contributed by atoms with Gasteiger partial charge < -0.3 is 14.7 Å². The van der Waals surface area contributed by atoms with Gasteiger partial charge in [0.05, 0.1) is 12.0 Å². The lowest BCUT2D eigenvalue weighted by molar-refractivity contribution is -0.144. The molecule has 19 heavy (non-hydrogen) atoms. The zero-order valence-corrected chi connectivity index (χ0v) is 12.2. The van der Waals surface area contributed by atoms with E-state index < -0.39 is 17.6 Å². The van der Waals surface area contributed by atoms with Gasteiger partial charge in [-0.1, -0.05) is 0 Å². The fraction of sp³-hybridized carbons (Fsp3) is 0.846. The number of carboxylic acid groups (broad SMARTS) is 1. The molecule has 6 heteroatoms. The first-order valence-electron chi connectivity index (χ1n) is 6.56. The van der Waals surface area contributed by atoms with Gasteiger partial charge in [0.15, 0.2) is 0 Å². The van der Waals surface area contributed by atoms with Crippen LogP contribution in [0.25, 0.3) is 0 Å². The molecule has 110 valence electrons. The fourth-order valence-electron chi connectivity index (χ4n) is 2.06. The quantitative estimate of drug-likeness (QED) is 0.785. The van der Waals surface area contributed by atoms with Gasteiger partial charge in [0.1, 0.15) is 6.04 Å². The standard InChI is InChI=1S/C13H24N2O4/c1-10(12(17)18)14-5-7-15(8-6-14)11(16)9-13(2,3)19-4/h10H,5-9H2,1-4H3,(H,17,18). The second kappa shape index (κ2) is 6.34. The molecular weight excluding hydrogens is 248 g/mol. The number of carbonyl (C=O) groups is 2. The summed E-state index contributed by atoms with van der Waals surface area (Å²) in [5.41, 5.74) is -0.456. The predicted octanol–water partition coefficient (Wildman–Crippen LogP) is 0.419. The molecule has 0 radical (unpaired) electrons. The molecule has 0 saturated carbocycles. The highest BCUT2D eigenvalue weighted by Gasteiger charge is 2.29. The fourth-order valence-corrected chi connectivity index (χ4v) is 2.06. The number of methoxy groups -OCH3 is 1. The van der Waals surface area contributed by atoms with Crippen LogP contribution < -0.4 is 0 Å². The zero-order valence-electron chi connectivity index (χ0n) is 12.2. The molecule has 6 nitrogen and oxygen atoms in total. The van der Waals surface area contributed by atoms with Crippen LogP contribution in [0.15, 0.2) is 0 Å². The van der Waals surface area contributed by atoms with E-state index in [2.05, 4.69) is 0 Å². The van der Waals surface area contributed by atoms with Crippen LogP contribution in [0.2, 0.25) is 0 Å². The Morgan fingerprint density at radius 2 is 1.79 bits per heavy atom. The van der Waals surface area contributed by atoms with E-state index in [-0.39, 0.29) is 5.91 Å². The summed E-state index contributed by atoms with van der Waals surface area (Å²) in [7, 11) is 1.60. The van der Waals surface area contributed by atoms with Crippen molar-refractivity contribution in [3.8, 4) is 0 Å². The van der Waals surface area contributed by atoms with Gasteiger partial charge in [-0.3, -0.25) is 14.5 Å². The first kappa shape index (κ1) is 15.9. The molecular formula is C13H24N2O4. The van der Waals surface area contributed by atoms with Crippen LogP contribution in [0.3, 0.4) is 0 Å². The lowest BCUT2D eigenvalue weighted by Gasteiger charge is -2.37. The van der Waals surface area contributed by atoms with Crippen LogP contribution in [0.4, 0.5) is 0 Å². The molecule has 1 rings (SSSR count). The van der Waals surface area contributed by atoms with Gasteiger partial charge in [0.2, 0.25) is 5.91 Å². The average Bonchev–Trinajstić information content (AvgIpc) is 2.37. The van der Waals surface area contributed by atoms with Crippen molar-refractivity contribution in [2.24, 2.45) is 0 Å². The minimum absolute atomic E-state index is 0.0643. The molecule has 1 N–H and O–H groups in total. The topological polar surface area (TPSA) is 70.1 Å². The summed E-state index contributed by atoms with van der Waals surface area (Å²) in [6.45, 7) is 7.81. The van der Waals surface area contributed by atoms with Crippen LogP contribution in [-0.2, 0) is 14.3 Å². The Bertz CT molecular complexity index is 336. The highest BCUT2D eigenvalue weighted by atomic mass is 16.5. The van der Waals surface area contributed by atoms with E-state index in [4.69, 9.17) is 9.84 Å². The van der Waals surface area contributed by atoms with Gasteiger partial charge in [-0.15, -0.1) is 0 Å². The number of aliphatic carboxylic acids is 1. The molecule has 0 aromatic carbocycles. The molecule has 0 aliphatic carbocycles. The number of amides is 1. The third-order valence-electron chi connectivity index (χ3n) is 3.70. The van der Waals surface area contributed by atoms with Crippen LogP contribution in [0.1, 0.15) is 27.2 Å². The number of hydrogen-bond donors (Lipinski definition) is 1. The Hall–Kier alpha value is -1.14. The third-order valence-corrected chi connectivity index (χ3v) is 3.70. The maximum atomic E-state index is 12.1. The number of rotatable bonds is 5. The van der Waals surface area contributed by atoms with E-state index in [1.807, 2.05) is 18.7 Å². The lowest BCUT2D eigenvalue weighted by atomic mass is 10.0. The van der Waals surface area contributed by atoms with Crippen LogP contribution in [0.5, 0.6) is 0 Å². The van der Waals surface area contributed by atoms with Gasteiger partial charge in [0, 0.05) is 33.3 Å². The Balaban J connectivity index is 2.46. The zero-order chi connectivity index (χ0) is 14.6. The molecule has 1 saturated heterocycles. The highest BCUT2D eigenvalue weighted by Crippen LogP contribution is 2.16. The van der Waals surface area contributed by atoms with Gasteiger partial charge in [-0.25, -0.2) is 0 Å².